The van der Waals surface area contributed by atoms with E-state index in [0.717, 1.165) is 21.3 Å². The van der Waals surface area contributed by atoms with Crippen molar-refractivity contribution in [3.8, 4) is 5.75 Å². The Morgan fingerprint density at radius 1 is 1.40 bits per heavy atom. The molecule has 0 atom stereocenters. The molecule has 0 unspecified atom stereocenters. The first-order valence-corrected chi connectivity index (χ1v) is 9.07. The van der Waals surface area contributed by atoms with Gasteiger partial charge in [-0.3, -0.25) is 4.79 Å². The molecule has 1 N–H and O–H groups in total. The summed E-state index contributed by atoms with van der Waals surface area (Å²) in [6, 6.07) is 13.0. The summed E-state index contributed by atoms with van der Waals surface area (Å²) in [5, 5.41) is 4.40. The molecule has 0 saturated heterocycles. The molecule has 25 heavy (non-hydrogen) atoms. The summed E-state index contributed by atoms with van der Waals surface area (Å²) in [6.45, 7) is 0. The molecular weight excluding hydrogens is 406 g/mol. The first-order valence-electron chi connectivity index (χ1n) is 7.29. The quantitative estimate of drug-likeness (QED) is 0.373. The van der Waals surface area contributed by atoms with E-state index in [1.54, 1.807) is 13.3 Å². The number of nitrogens with one attached hydrogen (secondary N) is 1. The fourth-order valence-electron chi connectivity index (χ4n) is 2.01. The van der Waals surface area contributed by atoms with Crippen molar-refractivity contribution in [1.82, 2.24) is 10.4 Å². The Hall–Kier alpha value is -2.32. The number of thioether (sulfide) groups is 1. The Balaban J connectivity index is 1.51. The van der Waals surface area contributed by atoms with E-state index in [9.17, 15) is 4.79 Å². The summed E-state index contributed by atoms with van der Waals surface area (Å²) in [4.78, 5) is 16.1. The molecule has 3 rings (SSSR count). The third-order valence-corrected chi connectivity index (χ3v) is 4.63. The number of hydrazone groups is 1. The molecule has 8 heteroatoms. The molecule has 0 saturated carbocycles. The summed E-state index contributed by atoms with van der Waals surface area (Å²) in [5.41, 5.74) is 4.78. The molecule has 128 valence electrons. The fraction of sp³-hybridized carbons (Fsp3) is 0.118. The topological polar surface area (TPSA) is 76.7 Å². The van der Waals surface area contributed by atoms with Crippen LogP contribution in [0.25, 0.3) is 11.1 Å². The third-order valence-electron chi connectivity index (χ3n) is 3.18. The summed E-state index contributed by atoms with van der Waals surface area (Å²) >= 11 is 4.62. The second-order valence-corrected chi connectivity index (χ2v) is 6.70. The van der Waals surface area contributed by atoms with Gasteiger partial charge in [-0.05, 0) is 51.8 Å². The lowest BCUT2D eigenvalue weighted by atomic mass is 10.2. The number of fused-ring (bicyclic) bond motifs is 1. The highest BCUT2D eigenvalue weighted by molar-refractivity contribution is 9.10. The smallest absolute Gasteiger partial charge is 0.257 e. The monoisotopic (exact) mass is 419 g/mol. The molecular formula is C17H14BrN3O3S. The van der Waals surface area contributed by atoms with Crippen LogP contribution in [-0.2, 0) is 4.79 Å². The molecule has 0 fully saturated rings. The van der Waals surface area contributed by atoms with Crippen LogP contribution in [0.3, 0.4) is 0 Å². The van der Waals surface area contributed by atoms with Gasteiger partial charge in [-0.25, -0.2) is 10.4 Å². The molecule has 0 aliphatic rings. The zero-order valence-electron chi connectivity index (χ0n) is 13.2. The molecule has 1 heterocycles. The number of amides is 1. The average molecular weight is 420 g/mol. The van der Waals surface area contributed by atoms with Gasteiger partial charge in [-0.1, -0.05) is 23.9 Å². The number of benzene rings is 2. The van der Waals surface area contributed by atoms with Gasteiger partial charge in [0.1, 0.15) is 11.3 Å². The number of para-hydroxylation sites is 2. The predicted octanol–water partition coefficient (Wildman–Crippen LogP) is 3.84. The summed E-state index contributed by atoms with van der Waals surface area (Å²) in [6.07, 6.45) is 1.56. The lowest BCUT2D eigenvalue weighted by Gasteiger charge is -2.03. The van der Waals surface area contributed by atoms with E-state index < -0.39 is 0 Å². The van der Waals surface area contributed by atoms with Gasteiger partial charge >= 0.3 is 0 Å². The van der Waals surface area contributed by atoms with Gasteiger partial charge in [0, 0.05) is 0 Å². The second-order valence-electron chi connectivity index (χ2n) is 4.92. The molecule has 0 aliphatic carbocycles. The van der Waals surface area contributed by atoms with E-state index in [4.69, 9.17) is 9.15 Å². The lowest BCUT2D eigenvalue weighted by Crippen LogP contribution is -2.19. The number of carbonyl (C=O) groups excluding carboxylic acids is 1. The van der Waals surface area contributed by atoms with E-state index in [2.05, 4.69) is 31.4 Å². The Kier molecular flexibility index (Phi) is 5.72. The minimum absolute atomic E-state index is 0.163. The van der Waals surface area contributed by atoms with Gasteiger partial charge in [-0.2, -0.15) is 5.10 Å². The van der Waals surface area contributed by atoms with Crippen LogP contribution in [0.15, 0.2) is 61.7 Å². The standard InChI is InChI=1S/C17H14BrN3O3S/c1-23-14-7-6-11(8-12(14)18)9-19-21-16(22)10-25-17-20-13-4-2-3-5-15(13)24-17/h2-9H,10H2,1H3,(H,21,22)/b19-9+. The van der Waals surface area contributed by atoms with E-state index in [-0.39, 0.29) is 11.7 Å². The van der Waals surface area contributed by atoms with Crippen molar-refractivity contribution < 1.29 is 13.9 Å². The van der Waals surface area contributed by atoms with Crippen molar-refractivity contribution in [3.63, 3.8) is 0 Å². The normalized spacial score (nSPS) is 11.1. The number of halogens is 1. The minimum atomic E-state index is -0.240. The average Bonchev–Trinajstić information content (AvgIpc) is 3.03. The third kappa shape index (κ3) is 4.61. The molecule has 1 aromatic heterocycles. The predicted molar refractivity (Wildman–Crippen MR) is 101 cm³/mol. The Morgan fingerprint density at radius 3 is 3.00 bits per heavy atom. The highest BCUT2D eigenvalue weighted by atomic mass is 79.9. The Labute approximate surface area is 156 Å². The van der Waals surface area contributed by atoms with Crippen LogP contribution >= 0.6 is 27.7 Å². The van der Waals surface area contributed by atoms with E-state index in [1.165, 1.54) is 11.8 Å². The van der Waals surface area contributed by atoms with E-state index >= 15 is 0 Å². The van der Waals surface area contributed by atoms with Crippen LogP contribution in [0.4, 0.5) is 0 Å². The van der Waals surface area contributed by atoms with Crippen LogP contribution < -0.4 is 10.2 Å². The summed E-state index contributed by atoms with van der Waals surface area (Å²) in [5.74, 6) is 0.656. The SMILES string of the molecule is COc1ccc(/C=N/NC(=O)CSc2nc3ccccc3o2)cc1Br. The number of ether oxygens (including phenoxy) is 1. The fourth-order valence-corrected chi connectivity index (χ4v) is 3.20. The second kappa shape index (κ2) is 8.17. The molecule has 0 spiro atoms. The molecule has 0 bridgehead atoms. The highest BCUT2D eigenvalue weighted by Gasteiger charge is 2.08. The van der Waals surface area contributed by atoms with Gasteiger partial charge in [0.15, 0.2) is 5.58 Å². The molecule has 1 amide bonds. The number of carbonyl (C=O) groups is 1. The van der Waals surface area contributed by atoms with Crippen LogP contribution in [0.5, 0.6) is 5.75 Å². The Morgan fingerprint density at radius 2 is 2.24 bits per heavy atom. The van der Waals surface area contributed by atoms with Crippen molar-refractivity contribution in [2.24, 2.45) is 5.10 Å². The van der Waals surface area contributed by atoms with Gasteiger partial charge in [0.2, 0.25) is 0 Å². The van der Waals surface area contributed by atoms with Crippen LogP contribution in [0.2, 0.25) is 0 Å². The number of hydrogen-bond donors (Lipinski definition) is 1. The lowest BCUT2D eigenvalue weighted by molar-refractivity contribution is -0.118. The zero-order chi connectivity index (χ0) is 17.6. The zero-order valence-corrected chi connectivity index (χ0v) is 15.6. The number of methoxy groups -OCH3 is 1. The number of aromatic nitrogens is 1. The molecule has 3 aromatic rings. The van der Waals surface area contributed by atoms with Crippen molar-refractivity contribution in [1.29, 1.82) is 0 Å². The van der Waals surface area contributed by atoms with Crippen molar-refractivity contribution in [2.75, 3.05) is 12.9 Å². The molecule has 6 nitrogen and oxygen atoms in total. The maximum Gasteiger partial charge on any atom is 0.257 e. The maximum atomic E-state index is 11.8. The van der Waals surface area contributed by atoms with E-state index in [1.807, 2.05) is 42.5 Å². The Bertz CT molecular complexity index is 893. The number of oxazole rings is 1. The van der Waals surface area contributed by atoms with Crippen molar-refractivity contribution in [3.05, 3.63) is 52.5 Å². The van der Waals surface area contributed by atoms with E-state index in [0.29, 0.717) is 10.8 Å². The molecule has 0 aliphatic heterocycles. The number of hydrogen-bond acceptors (Lipinski definition) is 6. The summed E-state index contributed by atoms with van der Waals surface area (Å²) < 4.78 is 11.5. The van der Waals surface area contributed by atoms with Gasteiger partial charge in [0.25, 0.3) is 11.1 Å². The molecule has 0 radical (unpaired) electrons. The highest BCUT2D eigenvalue weighted by Crippen LogP contribution is 2.25. The molecule has 2 aromatic carbocycles. The first-order chi connectivity index (χ1) is 12.2. The van der Waals surface area contributed by atoms with Crippen LogP contribution in [0.1, 0.15) is 5.56 Å². The largest absolute Gasteiger partial charge is 0.496 e. The van der Waals surface area contributed by atoms with Gasteiger partial charge in [-0.15, -0.1) is 0 Å². The number of rotatable bonds is 6. The minimum Gasteiger partial charge on any atom is -0.496 e. The first kappa shape index (κ1) is 17.5. The maximum absolute atomic E-state index is 11.8. The van der Waals surface area contributed by atoms with Crippen LogP contribution in [-0.4, -0.2) is 30.0 Å². The number of nitrogens with zero attached hydrogens (tertiary/aromatic N) is 2. The summed E-state index contributed by atoms with van der Waals surface area (Å²) in [7, 11) is 1.60. The van der Waals surface area contributed by atoms with Crippen LogP contribution in [0, 0.1) is 0 Å². The van der Waals surface area contributed by atoms with Gasteiger partial charge < -0.3 is 9.15 Å². The van der Waals surface area contributed by atoms with Crippen molar-refractivity contribution >= 4 is 50.9 Å². The van der Waals surface area contributed by atoms with Gasteiger partial charge in [0.05, 0.1) is 23.5 Å². The van der Waals surface area contributed by atoms with Crippen molar-refractivity contribution in [2.45, 2.75) is 5.22 Å².